The molecule has 0 atom stereocenters. The van der Waals surface area contributed by atoms with Crippen LogP contribution in [-0.2, 0) is 5.41 Å². The predicted octanol–water partition coefficient (Wildman–Crippen LogP) is 1.89. The van der Waals surface area contributed by atoms with Gasteiger partial charge in [0.15, 0.2) is 5.96 Å². The van der Waals surface area contributed by atoms with Crippen LogP contribution < -0.4 is 11.5 Å². The maximum Gasteiger partial charge on any atom is 0.191 e. The summed E-state index contributed by atoms with van der Waals surface area (Å²) in [7, 11) is 0. The largest absolute Gasteiger partial charge is 0.370 e. The first-order valence-electron chi connectivity index (χ1n) is 4.60. The van der Waals surface area contributed by atoms with Crippen molar-refractivity contribution in [2.45, 2.75) is 26.2 Å². The van der Waals surface area contributed by atoms with E-state index in [4.69, 9.17) is 11.5 Å². The van der Waals surface area contributed by atoms with Crippen LogP contribution in [0.3, 0.4) is 0 Å². The van der Waals surface area contributed by atoms with E-state index in [0.29, 0.717) is 0 Å². The molecule has 4 N–H and O–H groups in total. The van der Waals surface area contributed by atoms with Crippen LogP contribution in [0.15, 0.2) is 29.3 Å². The van der Waals surface area contributed by atoms with E-state index in [-0.39, 0.29) is 11.4 Å². The first-order valence-corrected chi connectivity index (χ1v) is 4.60. The molecule has 1 aromatic carbocycles. The van der Waals surface area contributed by atoms with E-state index in [9.17, 15) is 0 Å². The molecule has 0 radical (unpaired) electrons. The molecule has 76 valence electrons. The van der Waals surface area contributed by atoms with Gasteiger partial charge in [-0.25, -0.2) is 4.99 Å². The fourth-order valence-electron chi connectivity index (χ4n) is 1.19. The molecular weight excluding hydrogens is 174 g/mol. The maximum absolute atomic E-state index is 5.31. The van der Waals surface area contributed by atoms with E-state index in [1.165, 1.54) is 5.56 Å². The van der Waals surface area contributed by atoms with Crippen molar-refractivity contribution in [1.82, 2.24) is 0 Å². The summed E-state index contributed by atoms with van der Waals surface area (Å²) in [5, 5.41) is 0. The topological polar surface area (TPSA) is 64.4 Å². The summed E-state index contributed by atoms with van der Waals surface area (Å²) in [5.41, 5.74) is 12.8. The first-order chi connectivity index (χ1) is 6.39. The van der Waals surface area contributed by atoms with E-state index < -0.39 is 0 Å². The Morgan fingerprint density at radius 3 is 2.36 bits per heavy atom. The van der Waals surface area contributed by atoms with Gasteiger partial charge < -0.3 is 11.5 Å². The fraction of sp³-hybridized carbons (Fsp3) is 0.364. The molecule has 0 aliphatic carbocycles. The van der Waals surface area contributed by atoms with E-state index in [1.807, 2.05) is 18.2 Å². The van der Waals surface area contributed by atoms with Gasteiger partial charge in [0, 0.05) is 0 Å². The number of benzene rings is 1. The van der Waals surface area contributed by atoms with Crippen LogP contribution in [0.5, 0.6) is 0 Å². The van der Waals surface area contributed by atoms with Crippen LogP contribution in [-0.4, -0.2) is 5.96 Å². The molecule has 1 aromatic rings. The molecule has 14 heavy (non-hydrogen) atoms. The van der Waals surface area contributed by atoms with Crippen molar-refractivity contribution >= 4 is 11.6 Å². The molecule has 0 heterocycles. The molecular formula is C11H17N3. The van der Waals surface area contributed by atoms with Crippen molar-refractivity contribution in [1.29, 1.82) is 0 Å². The number of guanidine groups is 1. The lowest BCUT2D eigenvalue weighted by Gasteiger charge is -2.18. The minimum absolute atomic E-state index is 0.0936. The molecule has 0 aliphatic rings. The quantitative estimate of drug-likeness (QED) is 0.526. The summed E-state index contributed by atoms with van der Waals surface area (Å²) in [5.74, 6) is 0.0936. The van der Waals surface area contributed by atoms with Gasteiger partial charge in [-0.2, -0.15) is 0 Å². The second-order valence-electron chi connectivity index (χ2n) is 4.34. The molecule has 0 unspecified atom stereocenters. The number of nitrogens with zero attached hydrogens (tertiary/aromatic N) is 1. The average molecular weight is 191 g/mol. The second-order valence-corrected chi connectivity index (χ2v) is 4.34. The second kappa shape index (κ2) is 3.70. The highest BCUT2D eigenvalue weighted by Gasteiger charge is 2.13. The van der Waals surface area contributed by atoms with Crippen LogP contribution in [0.2, 0.25) is 0 Å². The number of rotatable bonds is 1. The molecule has 0 aliphatic heterocycles. The molecule has 0 fully saturated rings. The Morgan fingerprint density at radius 2 is 1.86 bits per heavy atom. The molecule has 0 saturated carbocycles. The van der Waals surface area contributed by atoms with Gasteiger partial charge in [-0.3, -0.25) is 0 Å². The summed E-state index contributed by atoms with van der Waals surface area (Å²) in [6, 6.07) is 7.92. The first kappa shape index (κ1) is 10.6. The molecule has 1 rings (SSSR count). The van der Waals surface area contributed by atoms with Gasteiger partial charge in [-0.15, -0.1) is 0 Å². The third kappa shape index (κ3) is 2.76. The third-order valence-corrected chi connectivity index (χ3v) is 1.97. The Bertz CT molecular complexity index is 344. The number of hydrogen-bond donors (Lipinski definition) is 2. The molecule has 0 amide bonds. The van der Waals surface area contributed by atoms with Gasteiger partial charge in [0.25, 0.3) is 0 Å². The SMILES string of the molecule is CC(C)(C)c1cccc(N=C(N)N)c1. The van der Waals surface area contributed by atoms with Gasteiger partial charge in [0.2, 0.25) is 0 Å². The third-order valence-electron chi connectivity index (χ3n) is 1.97. The van der Waals surface area contributed by atoms with Gasteiger partial charge in [0.1, 0.15) is 0 Å². The van der Waals surface area contributed by atoms with Gasteiger partial charge in [0.05, 0.1) is 5.69 Å². The molecule has 3 nitrogen and oxygen atoms in total. The zero-order valence-corrected chi connectivity index (χ0v) is 8.91. The summed E-state index contributed by atoms with van der Waals surface area (Å²) < 4.78 is 0. The number of nitrogens with two attached hydrogens (primary N) is 2. The van der Waals surface area contributed by atoms with Crippen LogP contribution in [0, 0.1) is 0 Å². The lowest BCUT2D eigenvalue weighted by Crippen LogP contribution is -2.22. The Labute approximate surface area is 84.8 Å². The molecule has 0 bridgehead atoms. The summed E-state index contributed by atoms with van der Waals surface area (Å²) in [6.45, 7) is 6.46. The van der Waals surface area contributed by atoms with Crippen molar-refractivity contribution in [3.8, 4) is 0 Å². The van der Waals surface area contributed by atoms with Crippen LogP contribution in [0.25, 0.3) is 0 Å². The zero-order chi connectivity index (χ0) is 10.8. The molecule has 0 saturated heterocycles. The van der Waals surface area contributed by atoms with E-state index in [2.05, 4.69) is 31.8 Å². The van der Waals surface area contributed by atoms with E-state index >= 15 is 0 Å². The fourth-order valence-corrected chi connectivity index (χ4v) is 1.19. The Balaban J connectivity index is 3.08. The monoisotopic (exact) mass is 191 g/mol. The van der Waals surface area contributed by atoms with Gasteiger partial charge >= 0.3 is 0 Å². The summed E-state index contributed by atoms with van der Waals surface area (Å²) in [4.78, 5) is 4.01. The van der Waals surface area contributed by atoms with Crippen molar-refractivity contribution in [3.63, 3.8) is 0 Å². The highest BCUT2D eigenvalue weighted by atomic mass is 15.0. The minimum atomic E-state index is 0.0936. The van der Waals surface area contributed by atoms with E-state index in [0.717, 1.165) is 5.69 Å². The van der Waals surface area contributed by atoms with Crippen LogP contribution in [0.4, 0.5) is 5.69 Å². The van der Waals surface area contributed by atoms with Crippen molar-refractivity contribution in [2.75, 3.05) is 0 Å². The Kier molecular flexibility index (Phi) is 2.79. The van der Waals surface area contributed by atoms with Crippen molar-refractivity contribution < 1.29 is 0 Å². The van der Waals surface area contributed by atoms with Crippen molar-refractivity contribution in [3.05, 3.63) is 29.8 Å². The highest BCUT2D eigenvalue weighted by molar-refractivity contribution is 5.79. The average Bonchev–Trinajstić information content (AvgIpc) is 2.01. The molecule has 0 spiro atoms. The lowest BCUT2D eigenvalue weighted by molar-refractivity contribution is 0.590. The minimum Gasteiger partial charge on any atom is -0.370 e. The van der Waals surface area contributed by atoms with Crippen LogP contribution in [0.1, 0.15) is 26.3 Å². The maximum atomic E-state index is 5.31. The van der Waals surface area contributed by atoms with Crippen LogP contribution >= 0.6 is 0 Å². The zero-order valence-electron chi connectivity index (χ0n) is 8.91. The van der Waals surface area contributed by atoms with E-state index in [1.54, 1.807) is 0 Å². The molecule has 3 heteroatoms. The van der Waals surface area contributed by atoms with Gasteiger partial charge in [-0.05, 0) is 23.1 Å². The Hall–Kier alpha value is -1.51. The standard InChI is InChI=1S/C11H17N3/c1-11(2,3)8-5-4-6-9(7-8)14-10(12)13/h4-7H,1-3H3,(H4,12,13,14). The summed E-state index contributed by atoms with van der Waals surface area (Å²) in [6.07, 6.45) is 0. The highest BCUT2D eigenvalue weighted by Crippen LogP contribution is 2.25. The van der Waals surface area contributed by atoms with Gasteiger partial charge in [-0.1, -0.05) is 32.9 Å². The number of aliphatic imine (C=N–C) groups is 1. The van der Waals surface area contributed by atoms with Crippen molar-refractivity contribution in [2.24, 2.45) is 16.5 Å². The lowest BCUT2D eigenvalue weighted by atomic mass is 9.87. The summed E-state index contributed by atoms with van der Waals surface area (Å²) >= 11 is 0. The molecule has 0 aromatic heterocycles. The number of hydrogen-bond acceptors (Lipinski definition) is 1. The predicted molar refractivity (Wildman–Crippen MR) is 60.6 cm³/mol. The smallest absolute Gasteiger partial charge is 0.191 e. The normalized spacial score (nSPS) is 11.1. The Morgan fingerprint density at radius 1 is 1.21 bits per heavy atom.